The number of hydrogen-bond acceptors (Lipinski definition) is 2. The van der Waals surface area contributed by atoms with E-state index in [9.17, 15) is 18.0 Å². The number of aromatic nitrogens is 2. The van der Waals surface area contributed by atoms with Crippen LogP contribution in [0.3, 0.4) is 0 Å². The Kier molecular flexibility index (Phi) is 2.60. The first kappa shape index (κ1) is 12.7. The van der Waals surface area contributed by atoms with Crippen molar-refractivity contribution in [3.63, 3.8) is 0 Å². The third kappa shape index (κ3) is 1.86. The van der Waals surface area contributed by atoms with Crippen LogP contribution in [0.25, 0.3) is 0 Å². The largest absolute Gasteiger partial charge is 0.416 e. The summed E-state index contributed by atoms with van der Waals surface area (Å²) in [5.41, 5.74) is 1.16. The first-order chi connectivity index (χ1) is 9.38. The molecule has 2 heterocycles. The molecule has 0 saturated carbocycles. The van der Waals surface area contributed by atoms with Gasteiger partial charge < -0.3 is 5.32 Å². The minimum atomic E-state index is -4.41. The van der Waals surface area contributed by atoms with Gasteiger partial charge in [0.1, 0.15) is 0 Å². The van der Waals surface area contributed by atoms with Gasteiger partial charge in [-0.15, -0.1) is 0 Å². The maximum Gasteiger partial charge on any atom is 0.416 e. The van der Waals surface area contributed by atoms with Gasteiger partial charge in [-0.25, -0.2) is 0 Å². The predicted octanol–water partition coefficient (Wildman–Crippen LogP) is 2.57. The van der Waals surface area contributed by atoms with Gasteiger partial charge in [-0.05, 0) is 24.6 Å². The highest BCUT2D eigenvalue weighted by atomic mass is 19.4. The van der Waals surface area contributed by atoms with Crippen LogP contribution in [-0.4, -0.2) is 16.1 Å². The molecule has 1 aliphatic rings. The number of halogens is 3. The number of benzene rings is 1. The summed E-state index contributed by atoms with van der Waals surface area (Å²) in [5, 5.41) is 9.19. The van der Waals surface area contributed by atoms with Crippen LogP contribution >= 0.6 is 0 Å². The van der Waals surface area contributed by atoms with Gasteiger partial charge in [-0.3, -0.25) is 9.89 Å². The number of aromatic amines is 1. The molecule has 104 valence electrons. The molecule has 1 aromatic heterocycles. The molecule has 2 aromatic rings. The summed E-state index contributed by atoms with van der Waals surface area (Å²) >= 11 is 0. The minimum absolute atomic E-state index is 0.241. The SMILES string of the molecule is Cc1[nH]nc2c1C(c1cccc(C(F)(F)F)c1)NC2=O. The second-order valence-corrected chi connectivity index (χ2v) is 4.64. The Bertz CT molecular complexity index is 690. The summed E-state index contributed by atoms with van der Waals surface area (Å²) < 4.78 is 38.2. The summed E-state index contributed by atoms with van der Waals surface area (Å²) in [6.07, 6.45) is -4.41. The van der Waals surface area contributed by atoms with Crippen LogP contribution < -0.4 is 5.32 Å². The van der Waals surface area contributed by atoms with Crippen LogP contribution in [0.1, 0.15) is 38.9 Å². The fourth-order valence-electron chi connectivity index (χ4n) is 2.38. The number of hydrogen-bond donors (Lipinski definition) is 2. The van der Waals surface area contributed by atoms with Gasteiger partial charge in [-0.1, -0.05) is 12.1 Å². The lowest BCUT2D eigenvalue weighted by molar-refractivity contribution is -0.137. The molecule has 0 bridgehead atoms. The lowest BCUT2D eigenvalue weighted by atomic mass is 9.98. The van der Waals surface area contributed by atoms with E-state index in [1.54, 1.807) is 13.0 Å². The molecule has 1 atom stereocenters. The summed E-state index contributed by atoms with van der Waals surface area (Å²) in [4.78, 5) is 11.7. The lowest BCUT2D eigenvalue weighted by Crippen LogP contribution is -2.21. The first-order valence-electron chi connectivity index (χ1n) is 5.91. The highest BCUT2D eigenvalue weighted by Gasteiger charge is 2.36. The van der Waals surface area contributed by atoms with Crippen LogP contribution in [0.4, 0.5) is 13.2 Å². The van der Waals surface area contributed by atoms with E-state index in [1.165, 1.54) is 6.07 Å². The second kappa shape index (κ2) is 4.09. The van der Waals surface area contributed by atoms with Crippen molar-refractivity contribution in [1.29, 1.82) is 0 Å². The summed E-state index contributed by atoms with van der Waals surface area (Å²) in [6.45, 7) is 1.73. The third-order valence-electron chi connectivity index (χ3n) is 3.32. The molecule has 1 unspecified atom stereocenters. The topological polar surface area (TPSA) is 57.8 Å². The van der Waals surface area contributed by atoms with Crippen molar-refractivity contribution in [2.24, 2.45) is 0 Å². The lowest BCUT2D eigenvalue weighted by Gasteiger charge is -2.14. The number of fused-ring (bicyclic) bond motifs is 1. The number of carbonyl (C=O) groups excluding carboxylic acids is 1. The average molecular weight is 281 g/mol. The van der Waals surface area contributed by atoms with Crippen molar-refractivity contribution in [3.8, 4) is 0 Å². The van der Waals surface area contributed by atoms with E-state index in [4.69, 9.17) is 0 Å². The van der Waals surface area contributed by atoms with Gasteiger partial charge >= 0.3 is 6.18 Å². The number of aryl methyl sites for hydroxylation is 1. The maximum atomic E-state index is 12.7. The standard InChI is InChI=1S/C13H10F3N3O/c1-6-9-10(17-12(20)11(9)19-18-6)7-3-2-4-8(5-7)13(14,15)16/h2-5,10H,1H3,(H,17,20)(H,18,19). The number of carbonyl (C=O) groups is 1. The van der Waals surface area contributed by atoms with E-state index in [1.807, 2.05) is 0 Å². The minimum Gasteiger partial charge on any atom is -0.340 e. The summed E-state index contributed by atoms with van der Waals surface area (Å²) in [5.74, 6) is -0.383. The Labute approximate surface area is 112 Å². The Morgan fingerprint density at radius 3 is 2.75 bits per heavy atom. The molecule has 0 fully saturated rings. The smallest absolute Gasteiger partial charge is 0.340 e. The molecule has 1 aliphatic heterocycles. The monoisotopic (exact) mass is 281 g/mol. The van der Waals surface area contributed by atoms with E-state index >= 15 is 0 Å². The molecule has 0 aliphatic carbocycles. The quantitative estimate of drug-likeness (QED) is 0.844. The molecule has 7 heteroatoms. The second-order valence-electron chi connectivity index (χ2n) is 4.64. The fourth-order valence-corrected chi connectivity index (χ4v) is 2.38. The van der Waals surface area contributed by atoms with Crippen LogP contribution in [0.2, 0.25) is 0 Å². The van der Waals surface area contributed by atoms with E-state index in [0.29, 0.717) is 16.8 Å². The zero-order valence-electron chi connectivity index (χ0n) is 10.4. The first-order valence-corrected chi connectivity index (χ1v) is 5.91. The van der Waals surface area contributed by atoms with Crippen LogP contribution in [0.15, 0.2) is 24.3 Å². The van der Waals surface area contributed by atoms with Gasteiger partial charge in [-0.2, -0.15) is 18.3 Å². The molecule has 0 saturated heterocycles. The zero-order chi connectivity index (χ0) is 14.5. The number of nitrogens with one attached hydrogen (secondary N) is 2. The van der Waals surface area contributed by atoms with Crippen LogP contribution in [0, 0.1) is 6.92 Å². The molecule has 4 nitrogen and oxygen atoms in total. The number of H-pyrrole nitrogens is 1. The Morgan fingerprint density at radius 2 is 2.05 bits per heavy atom. The van der Waals surface area contributed by atoms with Crippen LogP contribution in [-0.2, 0) is 6.18 Å². The third-order valence-corrected chi connectivity index (χ3v) is 3.32. The number of amides is 1. The van der Waals surface area contributed by atoms with Gasteiger partial charge in [0.25, 0.3) is 5.91 Å². The fraction of sp³-hybridized carbons (Fsp3) is 0.231. The molecule has 0 spiro atoms. The Balaban J connectivity index is 2.07. The molecule has 20 heavy (non-hydrogen) atoms. The van der Waals surface area contributed by atoms with Crippen molar-refractivity contribution in [3.05, 3.63) is 52.3 Å². The van der Waals surface area contributed by atoms with Crippen molar-refractivity contribution in [2.75, 3.05) is 0 Å². The normalized spacial score (nSPS) is 18.0. The maximum absolute atomic E-state index is 12.7. The molecular weight excluding hydrogens is 271 g/mol. The molecule has 1 aromatic carbocycles. The van der Waals surface area contributed by atoms with E-state index < -0.39 is 17.8 Å². The van der Waals surface area contributed by atoms with Crippen molar-refractivity contribution in [1.82, 2.24) is 15.5 Å². The molecular formula is C13H10F3N3O. The summed E-state index contributed by atoms with van der Waals surface area (Å²) in [7, 11) is 0. The van der Waals surface area contributed by atoms with Crippen molar-refractivity contribution >= 4 is 5.91 Å². The Morgan fingerprint density at radius 1 is 1.30 bits per heavy atom. The summed E-state index contributed by atoms with van der Waals surface area (Å²) in [6, 6.07) is 4.34. The molecule has 3 rings (SSSR count). The Hall–Kier alpha value is -2.31. The number of rotatable bonds is 1. The molecule has 0 radical (unpaired) electrons. The van der Waals surface area contributed by atoms with E-state index in [0.717, 1.165) is 12.1 Å². The number of nitrogens with zero attached hydrogens (tertiary/aromatic N) is 1. The molecule has 2 N–H and O–H groups in total. The van der Waals surface area contributed by atoms with E-state index in [-0.39, 0.29) is 11.6 Å². The predicted molar refractivity (Wildman–Crippen MR) is 64.1 cm³/mol. The van der Waals surface area contributed by atoms with E-state index in [2.05, 4.69) is 15.5 Å². The van der Waals surface area contributed by atoms with Crippen LogP contribution in [0.5, 0.6) is 0 Å². The molecule has 1 amide bonds. The van der Waals surface area contributed by atoms with Gasteiger partial charge in [0.05, 0.1) is 11.6 Å². The zero-order valence-corrected chi connectivity index (χ0v) is 10.4. The van der Waals surface area contributed by atoms with Crippen molar-refractivity contribution < 1.29 is 18.0 Å². The highest BCUT2D eigenvalue weighted by molar-refractivity contribution is 5.98. The number of alkyl halides is 3. The van der Waals surface area contributed by atoms with Gasteiger partial charge in [0.2, 0.25) is 0 Å². The van der Waals surface area contributed by atoms with Crippen molar-refractivity contribution in [2.45, 2.75) is 19.1 Å². The van der Waals surface area contributed by atoms with Gasteiger partial charge in [0, 0.05) is 11.3 Å². The highest BCUT2D eigenvalue weighted by Crippen LogP contribution is 2.35. The van der Waals surface area contributed by atoms with Gasteiger partial charge in [0.15, 0.2) is 5.69 Å². The average Bonchev–Trinajstić information content (AvgIpc) is 2.91.